The Morgan fingerprint density at radius 2 is 1.55 bits per heavy atom. The molecular weight excluding hydrogens is 266 g/mol. The highest BCUT2D eigenvalue weighted by Gasteiger charge is 2.25. The molecule has 2 aromatic carbocycles. The van der Waals surface area contributed by atoms with Gasteiger partial charge in [-0.1, -0.05) is 66.7 Å². The molecule has 0 saturated carbocycles. The fourth-order valence-electron chi connectivity index (χ4n) is 3.29. The Kier molecular flexibility index (Phi) is 3.32. The van der Waals surface area contributed by atoms with Crippen LogP contribution in [0.15, 0.2) is 85.1 Å². The fraction of sp³-hybridized carbons (Fsp3) is 0.0952. The molecule has 4 rings (SSSR count). The number of hydrogen-bond acceptors (Lipinski definition) is 1. The second-order valence-electron chi connectivity index (χ2n) is 5.62. The predicted octanol–water partition coefficient (Wildman–Crippen LogP) is 4.85. The lowest BCUT2D eigenvalue weighted by molar-refractivity contribution is 0.973. The van der Waals surface area contributed by atoms with E-state index in [0.29, 0.717) is 0 Å². The molecule has 1 nitrogen and oxygen atoms in total. The summed E-state index contributed by atoms with van der Waals surface area (Å²) in [5, 5.41) is 0. The highest BCUT2D eigenvalue weighted by atomic mass is 14.7. The molecule has 1 unspecified atom stereocenters. The molecule has 0 bridgehead atoms. The van der Waals surface area contributed by atoms with Crippen molar-refractivity contribution in [2.45, 2.75) is 12.3 Å². The molecule has 0 radical (unpaired) electrons. The Hall–Kier alpha value is -2.67. The van der Waals surface area contributed by atoms with Crippen molar-refractivity contribution in [2.75, 3.05) is 0 Å². The van der Waals surface area contributed by atoms with Crippen LogP contribution in [0.25, 0.3) is 5.57 Å². The summed E-state index contributed by atoms with van der Waals surface area (Å²) in [6.45, 7) is 0. The van der Waals surface area contributed by atoms with Gasteiger partial charge in [0, 0.05) is 6.20 Å². The van der Waals surface area contributed by atoms with Crippen LogP contribution in [0.2, 0.25) is 0 Å². The zero-order valence-electron chi connectivity index (χ0n) is 12.3. The number of fused-ring (bicyclic) bond motifs is 1. The Labute approximate surface area is 131 Å². The number of allylic oxidation sites excluding steroid dienone is 2. The summed E-state index contributed by atoms with van der Waals surface area (Å²) in [6.07, 6.45) is 5.26. The first-order chi connectivity index (χ1) is 10.9. The number of rotatable bonds is 3. The second kappa shape index (κ2) is 5.61. The predicted molar refractivity (Wildman–Crippen MR) is 90.6 cm³/mol. The van der Waals surface area contributed by atoms with Gasteiger partial charge >= 0.3 is 0 Å². The van der Waals surface area contributed by atoms with Gasteiger partial charge in [0.15, 0.2) is 0 Å². The molecule has 1 atom stereocenters. The zero-order valence-corrected chi connectivity index (χ0v) is 12.3. The molecule has 0 saturated heterocycles. The molecule has 1 heterocycles. The van der Waals surface area contributed by atoms with E-state index in [-0.39, 0.29) is 5.92 Å². The summed E-state index contributed by atoms with van der Waals surface area (Å²) in [6, 6.07) is 25.5. The molecular formula is C21H17N. The van der Waals surface area contributed by atoms with Crippen molar-refractivity contribution in [1.82, 2.24) is 4.98 Å². The Balaban J connectivity index is 1.86. The van der Waals surface area contributed by atoms with Gasteiger partial charge in [-0.2, -0.15) is 0 Å². The summed E-state index contributed by atoms with van der Waals surface area (Å²) in [5.41, 5.74) is 6.55. The van der Waals surface area contributed by atoms with E-state index >= 15 is 0 Å². The lowest BCUT2D eigenvalue weighted by Gasteiger charge is -2.20. The highest BCUT2D eigenvalue weighted by molar-refractivity contribution is 5.79. The highest BCUT2D eigenvalue weighted by Crippen LogP contribution is 2.41. The van der Waals surface area contributed by atoms with Crippen LogP contribution in [0.5, 0.6) is 0 Å². The summed E-state index contributed by atoms with van der Waals surface area (Å²) >= 11 is 0. The van der Waals surface area contributed by atoms with Gasteiger partial charge in [0.1, 0.15) is 0 Å². The smallest absolute Gasteiger partial charge is 0.0522 e. The topological polar surface area (TPSA) is 12.9 Å². The minimum Gasteiger partial charge on any atom is -0.260 e. The van der Waals surface area contributed by atoms with E-state index in [9.17, 15) is 0 Å². The third kappa shape index (κ3) is 2.25. The van der Waals surface area contributed by atoms with Crippen LogP contribution in [-0.4, -0.2) is 4.98 Å². The van der Waals surface area contributed by atoms with Gasteiger partial charge in [-0.15, -0.1) is 0 Å². The van der Waals surface area contributed by atoms with Gasteiger partial charge in [-0.05, 0) is 40.8 Å². The molecule has 3 aromatic rings. The quantitative estimate of drug-likeness (QED) is 0.669. The van der Waals surface area contributed by atoms with Crippen LogP contribution >= 0.6 is 0 Å². The van der Waals surface area contributed by atoms with Crippen LogP contribution in [0.4, 0.5) is 0 Å². The average molecular weight is 283 g/mol. The van der Waals surface area contributed by atoms with Gasteiger partial charge in [0.2, 0.25) is 0 Å². The monoisotopic (exact) mass is 283 g/mol. The van der Waals surface area contributed by atoms with E-state index in [1.165, 1.54) is 22.3 Å². The molecule has 0 spiro atoms. The maximum atomic E-state index is 4.63. The standard InChI is InChI=1S/C21H17N/c1-2-9-17(10-3-1)21(20-12-6-7-15-22-20)19-14-13-16-8-4-5-11-18(16)19/h1-12,14-15,21H,13H2. The summed E-state index contributed by atoms with van der Waals surface area (Å²) < 4.78 is 0. The number of benzene rings is 2. The summed E-state index contributed by atoms with van der Waals surface area (Å²) in [7, 11) is 0. The summed E-state index contributed by atoms with van der Waals surface area (Å²) in [5.74, 6) is 0.200. The largest absolute Gasteiger partial charge is 0.260 e. The molecule has 1 aliphatic rings. The van der Waals surface area contributed by atoms with Crippen LogP contribution < -0.4 is 0 Å². The molecule has 1 aromatic heterocycles. The van der Waals surface area contributed by atoms with Crippen molar-refractivity contribution in [1.29, 1.82) is 0 Å². The first-order valence-electron chi connectivity index (χ1n) is 7.68. The van der Waals surface area contributed by atoms with E-state index in [2.05, 4.69) is 77.8 Å². The molecule has 22 heavy (non-hydrogen) atoms. The van der Waals surface area contributed by atoms with E-state index < -0.39 is 0 Å². The Morgan fingerprint density at radius 1 is 0.773 bits per heavy atom. The average Bonchev–Trinajstić information content (AvgIpc) is 3.01. The van der Waals surface area contributed by atoms with Crippen LogP contribution in [0.3, 0.4) is 0 Å². The van der Waals surface area contributed by atoms with Gasteiger partial charge in [0.25, 0.3) is 0 Å². The van der Waals surface area contributed by atoms with Crippen molar-refractivity contribution in [3.63, 3.8) is 0 Å². The molecule has 0 amide bonds. The first-order valence-corrected chi connectivity index (χ1v) is 7.68. The van der Waals surface area contributed by atoms with E-state index in [0.717, 1.165) is 12.1 Å². The van der Waals surface area contributed by atoms with Crippen LogP contribution in [-0.2, 0) is 6.42 Å². The van der Waals surface area contributed by atoms with E-state index in [4.69, 9.17) is 0 Å². The number of pyridine rings is 1. The number of hydrogen-bond donors (Lipinski definition) is 0. The normalized spacial score (nSPS) is 14.3. The molecule has 106 valence electrons. The first kappa shape index (κ1) is 13.0. The molecule has 1 aliphatic carbocycles. The van der Waals surface area contributed by atoms with Crippen molar-refractivity contribution in [3.8, 4) is 0 Å². The van der Waals surface area contributed by atoms with Crippen LogP contribution in [0, 0.1) is 0 Å². The number of aromatic nitrogens is 1. The molecule has 0 N–H and O–H groups in total. The molecule has 1 heteroatoms. The van der Waals surface area contributed by atoms with E-state index in [1.807, 2.05) is 12.3 Å². The third-order valence-electron chi connectivity index (χ3n) is 4.30. The van der Waals surface area contributed by atoms with Gasteiger partial charge in [-0.25, -0.2) is 0 Å². The van der Waals surface area contributed by atoms with Crippen LogP contribution in [0.1, 0.15) is 28.3 Å². The Bertz CT molecular complexity index is 764. The van der Waals surface area contributed by atoms with Gasteiger partial charge in [-0.3, -0.25) is 4.98 Å². The van der Waals surface area contributed by atoms with Crippen molar-refractivity contribution >= 4 is 5.57 Å². The third-order valence-corrected chi connectivity index (χ3v) is 4.30. The lowest BCUT2D eigenvalue weighted by Crippen LogP contribution is -2.05. The lowest BCUT2D eigenvalue weighted by atomic mass is 9.85. The minimum atomic E-state index is 0.200. The van der Waals surface area contributed by atoms with E-state index in [1.54, 1.807) is 0 Å². The maximum absolute atomic E-state index is 4.63. The number of nitrogens with zero attached hydrogens (tertiary/aromatic N) is 1. The Morgan fingerprint density at radius 3 is 2.36 bits per heavy atom. The summed E-state index contributed by atoms with van der Waals surface area (Å²) in [4.78, 5) is 4.63. The van der Waals surface area contributed by atoms with Gasteiger partial charge < -0.3 is 0 Å². The maximum Gasteiger partial charge on any atom is 0.0522 e. The van der Waals surface area contributed by atoms with Gasteiger partial charge in [0.05, 0.1) is 11.6 Å². The van der Waals surface area contributed by atoms with Crippen molar-refractivity contribution in [3.05, 3.63) is 107 Å². The minimum absolute atomic E-state index is 0.200. The van der Waals surface area contributed by atoms with Crippen molar-refractivity contribution < 1.29 is 0 Å². The second-order valence-corrected chi connectivity index (χ2v) is 5.62. The van der Waals surface area contributed by atoms with Crippen molar-refractivity contribution in [2.24, 2.45) is 0 Å². The SMILES string of the molecule is C1=C(C(c2ccccc2)c2ccccn2)c2ccccc2C1. The zero-order chi connectivity index (χ0) is 14.8. The fourth-order valence-corrected chi connectivity index (χ4v) is 3.29. The molecule has 0 fully saturated rings. The molecule has 0 aliphatic heterocycles.